The van der Waals surface area contributed by atoms with Crippen LogP contribution in [0.15, 0.2) is 0 Å². The molecule has 0 amide bonds. The van der Waals surface area contributed by atoms with Crippen LogP contribution < -0.4 is 0 Å². The Morgan fingerprint density at radius 1 is 1.56 bits per heavy atom. The van der Waals surface area contributed by atoms with Gasteiger partial charge in [0.15, 0.2) is 6.29 Å². The van der Waals surface area contributed by atoms with E-state index < -0.39 is 12.9 Å². The molecule has 0 rings (SSSR count). The summed E-state index contributed by atoms with van der Waals surface area (Å²) in [5.74, 6) is 0. The van der Waals surface area contributed by atoms with E-state index in [9.17, 15) is 8.78 Å². The smallest absolute Gasteiger partial charge is 0.356 e. The van der Waals surface area contributed by atoms with Gasteiger partial charge in [0.25, 0.3) is 0 Å². The first kappa shape index (κ1) is 8.78. The summed E-state index contributed by atoms with van der Waals surface area (Å²) in [5, 5.41) is 0. The molecule has 9 heavy (non-hydrogen) atoms. The Morgan fingerprint density at radius 2 is 2.11 bits per heavy atom. The van der Waals surface area contributed by atoms with E-state index in [2.05, 4.69) is 9.47 Å². The van der Waals surface area contributed by atoms with Crippen LogP contribution >= 0.6 is 0 Å². The van der Waals surface area contributed by atoms with Crippen LogP contribution in [0, 0.1) is 6.61 Å². The van der Waals surface area contributed by atoms with Crippen molar-refractivity contribution in [1.82, 2.24) is 0 Å². The molecule has 0 aromatic heterocycles. The molecule has 0 heterocycles. The second-order valence-electron chi connectivity index (χ2n) is 1.42. The molecule has 0 fully saturated rings. The van der Waals surface area contributed by atoms with Crippen LogP contribution in [0.4, 0.5) is 8.78 Å². The van der Waals surface area contributed by atoms with Crippen molar-refractivity contribution in [2.75, 3.05) is 7.11 Å². The van der Waals surface area contributed by atoms with Crippen molar-refractivity contribution < 1.29 is 18.3 Å². The maximum absolute atomic E-state index is 11.3. The average Bonchev–Trinajstić information content (AvgIpc) is 1.82. The van der Waals surface area contributed by atoms with Gasteiger partial charge in [0.05, 0.1) is 0 Å². The highest BCUT2D eigenvalue weighted by molar-refractivity contribution is 4.43. The molecule has 0 N–H and O–H groups in total. The van der Waals surface area contributed by atoms with Crippen LogP contribution in [0.25, 0.3) is 0 Å². The van der Waals surface area contributed by atoms with Gasteiger partial charge >= 0.3 is 6.61 Å². The highest BCUT2D eigenvalue weighted by Gasteiger charge is 2.13. The second kappa shape index (κ2) is 4.64. The number of ether oxygens (including phenoxy) is 2. The molecule has 0 aliphatic heterocycles. The molecular weight excluding hydrogens is 130 g/mol. The SMILES string of the molecule is CCC(OC)O[C](F)F. The van der Waals surface area contributed by atoms with Gasteiger partial charge in [-0.2, -0.15) is 8.78 Å². The van der Waals surface area contributed by atoms with Crippen LogP contribution in [0.2, 0.25) is 0 Å². The minimum Gasteiger partial charge on any atom is -0.356 e. The Hall–Kier alpha value is -0.220. The Morgan fingerprint density at radius 3 is 2.22 bits per heavy atom. The van der Waals surface area contributed by atoms with Crippen LogP contribution in [0.3, 0.4) is 0 Å². The van der Waals surface area contributed by atoms with Crippen LogP contribution in [0.1, 0.15) is 13.3 Å². The van der Waals surface area contributed by atoms with Crippen LogP contribution in [0.5, 0.6) is 0 Å². The third-order valence-corrected chi connectivity index (χ3v) is 0.817. The molecule has 0 aliphatic carbocycles. The normalized spacial score (nSPS) is 14.3. The molecule has 55 valence electrons. The first-order valence-corrected chi connectivity index (χ1v) is 2.58. The van der Waals surface area contributed by atoms with E-state index in [0.29, 0.717) is 6.42 Å². The highest BCUT2D eigenvalue weighted by atomic mass is 19.3. The zero-order chi connectivity index (χ0) is 7.28. The summed E-state index contributed by atoms with van der Waals surface area (Å²) < 4.78 is 30.9. The maximum Gasteiger partial charge on any atom is 0.450 e. The van der Waals surface area contributed by atoms with Gasteiger partial charge in [0.2, 0.25) is 0 Å². The minimum absolute atomic E-state index is 0.411. The Balaban J connectivity index is 3.31. The summed E-state index contributed by atoms with van der Waals surface area (Å²) in [6.07, 6.45) is -0.400. The van der Waals surface area contributed by atoms with Crippen molar-refractivity contribution >= 4 is 0 Å². The number of hydrogen-bond donors (Lipinski definition) is 0. The minimum atomic E-state index is -2.05. The van der Waals surface area contributed by atoms with Crippen molar-refractivity contribution in [3.05, 3.63) is 6.61 Å². The number of rotatable bonds is 4. The zero-order valence-electron chi connectivity index (χ0n) is 5.36. The van der Waals surface area contributed by atoms with E-state index in [0.717, 1.165) is 0 Å². The second-order valence-corrected chi connectivity index (χ2v) is 1.42. The summed E-state index contributed by atoms with van der Waals surface area (Å²) in [6, 6.07) is 0. The van der Waals surface area contributed by atoms with Gasteiger partial charge in [-0.15, -0.1) is 0 Å². The van der Waals surface area contributed by atoms with Gasteiger partial charge < -0.3 is 4.74 Å². The Labute approximate surface area is 52.8 Å². The highest BCUT2D eigenvalue weighted by Crippen LogP contribution is 2.11. The van der Waals surface area contributed by atoms with Gasteiger partial charge in [0.1, 0.15) is 0 Å². The largest absolute Gasteiger partial charge is 0.450 e. The lowest BCUT2D eigenvalue weighted by Gasteiger charge is -2.10. The van der Waals surface area contributed by atoms with E-state index in [4.69, 9.17) is 0 Å². The number of halogens is 2. The fourth-order valence-corrected chi connectivity index (χ4v) is 0.397. The summed E-state index contributed by atoms with van der Waals surface area (Å²) in [7, 11) is 1.32. The van der Waals surface area contributed by atoms with Gasteiger partial charge in [-0.25, -0.2) is 0 Å². The third kappa shape index (κ3) is 4.29. The number of hydrogen-bond acceptors (Lipinski definition) is 2. The molecule has 0 saturated heterocycles. The fraction of sp³-hybridized carbons (Fsp3) is 0.800. The monoisotopic (exact) mass is 139 g/mol. The van der Waals surface area contributed by atoms with E-state index in [1.807, 2.05) is 0 Å². The first-order chi connectivity index (χ1) is 4.20. The van der Waals surface area contributed by atoms with Crippen molar-refractivity contribution in [3.8, 4) is 0 Å². The third-order valence-electron chi connectivity index (χ3n) is 0.817. The fourth-order valence-electron chi connectivity index (χ4n) is 0.397. The molecule has 0 aliphatic rings. The molecule has 1 radical (unpaired) electrons. The maximum atomic E-state index is 11.3. The van der Waals surface area contributed by atoms with Crippen molar-refractivity contribution in [3.63, 3.8) is 0 Å². The quantitative estimate of drug-likeness (QED) is 0.552. The van der Waals surface area contributed by atoms with Gasteiger partial charge in [-0.3, -0.25) is 4.74 Å². The molecule has 0 saturated carbocycles. The first-order valence-electron chi connectivity index (χ1n) is 2.58. The summed E-state index contributed by atoms with van der Waals surface area (Å²) in [4.78, 5) is 0. The van der Waals surface area contributed by atoms with Gasteiger partial charge in [-0.1, -0.05) is 6.92 Å². The number of methoxy groups -OCH3 is 1. The lowest BCUT2D eigenvalue weighted by atomic mass is 10.5. The lowest BCUT2D eigenvalue weighted by molar-refractivity contribution is -0.174. The summed E-state index contributed by atoms with van der Waals surface area (Å²) in [5.41, 5.74) is 0. The van der Waals surface area contributed by atoms with E-state index in [1.165, 1.54) is 7.11 Å². The molecular formula is C5H9F2O2. The van der Waals surface area contributed by atoms with Crippen molar-refractivity contribution in [1.29, 1.82) is 0 Å². The molecule has 0 bridgehead atoms. The van der Waals surface area contributed by atoms with Crippen molar-refractivity contribution in [2.24, 2.45) is 0 Å². The van der Waals surface area contributed by atoms with Crippen molar-refractivity contribution in [2.45, 2.75) is 19.6 Å². The van der Waals surface area contributed by atoms with Crippen LogP contribution in [-0.4, -0.2) is 13.4 Å². The topological polar surface area (TPSA) is 18.5 Å². The molecule has 0 aromatic rings. The van der Waals surface area contributed by atoms with Gasteiger partial charge in [0, 0.05) is 7.11 Å². The molecule has 0 aromatic carbocycles. The standard InChI is InChI=1S/C5H9F2O2/c1-3-4(8-2)9-5(6)7/h4H,3H2,1-2H3. The van der Waals surface area contributed by atoms with E-state index >= 15 is 0 Å². The van der Waals surface area contributed by atoms with Crippen LogP contribution in [-0.2, 0) is 9.47 Å². The molecule has 4 heteroatoms. The predicted molar refractivity (Wildman–Crippen MR) is 27.6 cm³/mol. The summed E-state index contributed by atoms with van der Waals surface area (Å²) >= 11 is 0. The Bertz CT molecular complexity index is 64.0. The molecule has 0 spiro atoms. The van der Waals surface area contributed by atoms with Gasteiger partial charge in [-0.05, 0) is 6.42 Å². The molecule has 1 unspecified atom stereocenters. The average molecular weight is 139 g/mol. The lowest BCUT2D eigenvalue weighted by Crippen LogP contribution is -2.13. The summed E-state index contributed by atoms with van der Waals surface area (Å²) in [6.45, 7) is -0.361. The zero-order valence-corrected chi connectivity index (χ0v) is 5.36. The predicted octanol–water partition coefficient (Wildman–Crippen LogP) is 1.77. The van der Waals surface area contributed by atoms with E-state index in [1.54, 1.807) is 6.92 Å². The van der Waals surface area contributed by atoms with E-state index in [-0.39, 0.29) is 0 Å². The molecule has 2 nitrogen and oxygen atoms in total. The molecule has 1 atom stereocenters. The Kier molecular flexibility index (Phi) is 4.53.